The molecule has 18 heavy (non-hydrogen) atoms. The van der Waals surface area contributed by atoms with E-state index in [9.17, 15) is 0 Å². The van der Waals surface area contributed by atoms with Gasteiger partial charge in [-0.15, -0.1) is 0 Å². The Morgan fingerprint density at radius 3 is 2.39 bits per heavy atom. The van der Waals surface area contributed by atoms with E-state index in [-0.39, 0.29) is 0 Å². The summed E-state index contributed by atoms with van der Waals surface area (Å²) in [6.07, 6.45) is 1.66. The first-order chi connectivity index (χ1) is 8.60. The molecule has 0 aliphatic rings. The number of nitrogens with two attached hydrogens (primary N) is 1. The van der Waals surface area contributed by atoms with Crippen LogP contribution < -0.4 is 15.2 Å². The molecule has 0 saturated heterocycles. The van der Waals surface area contributed by atoms with Crippen molar-refractivity contribution >= 4 is 21.7 Å². The van der Waals surface area contributed by atoms with Crippen molar-refractivity contribution in [1.29, 1.82) is 0 Å². The lowest BCUT2D eigenvalue weighted by Gasteiger charge is -2.16. The van der Waals surface area contributed by atoms with Crippen LogP contribution in [0.15, 0.2) is 16.7 Å². The minimum atomic E-state index is 0.492. The molecule has 2 rings (SSSR count). The molecule has 0 saturated carbocycles. The number of hydrogen-bond acceptors (Lipinski definition) is 4. The normalized spacial score (nSPS) is 10.4. The van der Waals surface area contributed by atoms with Crippen LogP contribution in [0.4, 0.5) is 5.82 Å². The molecule has 6 heteroatoms. The van der Waals surface area contributed by atoms with Gasteiger partial charge in [0.25, 0.3) is 0 Å². The molecule has 1 heterocycles. The lowest BCUT2D eigenvalue weighted by molar-refractivity contribution is 0.354. The molecule has 0 aliphatic carbocycles. The number of methoxy groups -OCH3 is 2. The number of nitrogen functional groups attached to an aromatic ring is 1. The molecule has 96 valence electrons. The van der Waals surface area contributed by atoms with Crippen LogP contribution in [0.5, 0.6) is 11.5 Å². The predicted molar refractivity (Wildman–Crippen MR) is 74.0 cm³/mol. The lowest BCUT2D eigenvalue weighted by Crippen LogP contribution is -1.98. The molecule has 0 aliphatic heterocycles. The number of nitrogens with one attached hydrogen (secondary N) is 1. The zero-order valence-electron chi connectivity index (χ0n) is 10.4. The van der Waals surface area contributed by atoms with Crippen molar-refractivity contribution in [3.8, 4) is 22.6 Å². The molecule has 0 atom stereocenters. The summed E-state index contributed by atoms with van der Waals surface area (Å²) in [6, 6.07) is 1.94. The Labute approximate surface area is 113 Å². The topological polar surface area (TPSA) is 73.2 Å². The standard InChI is InChI=1S/C12H14BrN3O2/c1-6-9(13)4-7(8-5-15-16-12(8)14)11(18-3)10(6)17-2/h4-5H,1-3H3,(H3,14,15,16). The van der Waals surface area contributed by atoms with Gasteiger partial charge in [0.15, 0.2) is 11.5 Å². The first kappa shape index (κ1) is 12.8. The smallest absolute Gasteiger partial charge is 0.169 e. The molecular formula is C12H14BrN3O2. The number of H-pyrrole nitrogens is 1. The number of rotatable bonds is 3. The Balaban J connectivity index is 2.75. The van der Waals surface area contributed by atoms with Crippen molar-refractivity contribution in [2.45, 2.75) is 6.92 Å². The summed E-state index contributed by atoms with van der Waals surface area (Å²) in [4.78, 5) is 0. The fourth-order valence-electron chi connectivity index (χ4n) is 1.86. The van der Waals surface area contributed by atoms with Gasteiger partial charge in [0.1, 0.15) is 5.82 Å². The van der Waals surface area contributed by atoms with E-state index in [0.29, 0.717) is 17.3 Å². The van der Waals surface area contributed by atoms with Gasteiger partial charge >= 0.3 is 0 Å². The number of ether oxygens (including phenoxy) is 2. The van der Waals surface area contributed by atoms with Crippen LogP contribution in [-0.2, 0) is 0 Å². The predicted octanol–water partition coefficient (Wildman–Crippen LogP) is 2.75. The highest BCUT2D eigenvalue weighted by atomic mass is 79.9. The maximum absolute atomic E-state index is 5.85. The third kappa shape index (κ3) is 1.92. The van der Waals surface area contributed by atoms with Gasteiger partial charge in [0.05, 0.1) is 20.4 Å². The number of halogens is 1. The second-order valence-electron chi connectivity index (χ2n) is 3.79. The third-order valence-corrected chi connectivity index (χ3v) is 3.61. The summed E-state index contributed by atoms with van der Waals surface area (Å²) in [5.74, 6) is 1.82. The van der Waals surface area contributed by atoms with E-state index in [0.717, 1.165) is 21.2 Å². The van der Waals surface area contributed by atoms with Crippen molar-refractivity contribution < 1.29 is 9.47 Å². The average Bonchev–Trinajstić information content (AvgIpc) is 2.78. The molecule has 3 N–H and O–H groups in total. The molecule has 0 radical (unpaired) electrons. The van der Waals surface area contributed by atoms with Crippen LogP contribution in [0.2, 0.25) is 0 Å². The van der Waals surface area contributed by atoms with Gasteiger partial charge in [-0.1, -0.05) is 15.9 Å². The van der Waals surface area contributed by atoms with Crippen LogP contribution >= 0.6 is 15.9 Å². The highest BCUT2D eigenvalue weighted by Gasteiger charge is 2.19. The summed E-state index contributed by atoms with van der Waals surface area (Å²) in [6.45, 7) is 1.95. The second kappa shape index (κ2) is 4.89. The van der Waals surface area contributed by atoms with E-state index in [1.165, 1.54) is 0 Å². The first-order valence-corrected chi connectivity index (χ1v) is 6.09. The summed E-state index contributed by atoms with van der Waals surface area (Å²) >= 11 is 3.50. The molecule has 1 aromatic heterocycles. The monoisotopic (exact) mass is 311 g/mol. The SMILES string of the molecule is COc1c(-c2cn[nH]c2N)cc(Br)c(C)c1OC. The molecule has 0 amide bonds. The molecule has 2 aromatic rings. The number of aromatic nitrogens is 2. The molecule has 0 unspecified atom stereocenters. The molecule has 1 aromatic carbocycles. The fourth-order valence-corrected chi connectivity index (χ4v) is 2.27. The third-order valence-electron chi connectivity index (χ3n) is 2.79. The number of benzene rings is 1. The summed E-state index contributed by atoms with van der Waals surface area (Å²) in [5.41, 5.74) is 8.43. The maximum Gasteiger partial charge on any atom is 0.169 e. The van der Waals surface area contributed by atoms with Gasteiger partial charge in [-0.25, -0.2) is 0 Å². The number of anilines is 1. The summed E-state index contributed by atoms with van der Waals surface area (Å²) in [5, 5.41) is 6.63. The number of nitrogens with zero attached hydrogens (tertiary/aromatic N) is 1. The molecule has 0 spiro atoms. The van der Waals surface area contributed by atoms with Gasteiger partial charge in [-0.2, -0.15) is 5.10 Å². The van der Waals surface area contributed by atoms with Crippen molar-refractivity contribution in [3.63, 3.8) is 0 Å². The van der Waals surface area contributed by atoms with Crippen LogP contribution in [0, 0.1) is 6.92 Å². The summed E-state index contributed by atoms with van der Waals surface area (Å²) < 4.78 is 11.8. The molecule has 0 bridgehead atoms. The largest absolute Gasteiger partial charge is 0.493 e. The van der Waals surface area contributed by atoms with E-state index >= 15 is 0 Å². The van der Waals surface area contributed by atoms with E-state index in [1.807, 2.05) is 13.0 Å². The van der Waals surface area contributed by atoms with Crippen LogP contribution in [-0.4, -0.2) is 24.4 Å². The van der Waals surface area contributed by atoms with Crippen molar-refractivity contribution in [2.75, 3.05) is 20.0 Å². The number of aromatic amines is 1. The van der Waals surface area contributed by atoms with E-state index in [1.54, 1.807) is 20.4 Å². The van der Waals surface area contributed by atoms with E-state index in [4.69, 9.17) is 15.2 Å². The Kier molecular flexibility index (Phi) is 3.47. The molecular weight excluding hydrogens is 298 g/mol. The Morgan fingerprint density at radius 2 is 1.89 bits per heavy atom. The first-order valence-electron chi connectivity index (χ1n) is 5.30. The number of hydrogen-bond donors (Lipinski definition) is 2. The van der Waals surface area contributed by atoms with Crippen molar-refractivity contribution in [2.24, 2.45) is 0 Å². The van der Waals surface area contributed by atoms with Crippen molar-refractivity contribution in [3.05, 3.63) is 22.3 Å². The summed E-state index contributed by atoms with van der Waals surface area (Å²) in [7, 11) is 3.21. The molecule has 0 fully saturated rings. The van der Waals surface area contributed by atoms with Crippen LogP contribution in [0.25, 0.3) is 11.1 Å². The lowest BCUT2D eigenvalue weighted by atomic mass is 10.0. The minimum Gasteiger partial charge on any atom is -0.493 e. The van der Waals surface area contributed by atoms with Crippen molar-refractivity contribution in [1.82, 2.24) is 10.2 Å². The van der Waals surface area contributed by atoms with E-state index < -0.39 is 0 Å². The zero-order chi connectivity index (χ0) is 13.3. The van der Waals surface area contributed by atoms with Gasteiger partial charge in [0, 0.05) is 21.2 Å². The van der Waals surface area contributed by atoms with Gasteiger partial charge in [-0.05, 0) is 13.0 Å². The van der Waals surface area contributed by atoms with Crippen LogP contribution in [0.3, 0.4) is 0 Å². The Morgan fingerprint density at radius 1 is 1.22 bits per heavy atom. The highest BCUT2D eigenvalue weighted by molar-refractivity contribution is 9.10. The zero-order valence-corrected chi connectivity index (χ0v) is 12.0. The highest BCUT2D eigenvalue weighted by Crippen LogP contribution is 2.44. The van der Waals surface area contributed by atoms with Crippen LogP contribution in [0.1, 0.15) is 5.56 Å². The average molecular weight is 312 g/mol. The van der Waals surface area contributed by atoms with Gasteiger partial charge < -0.3 is 15.2 Å². The second-order valence-corrected chi connectivity index (χ2v) is 4.65. The van der Waals surface area contributed by atoms with E-state index in [2.05, 4.69) is 26.1 Å². The Hall–Kier alpha value is -1.69. The Bertz CT molecular complexity index is 581. The van der Waals surface area contributed by atoms with Gasteiger partial charge in [0.2, 0.25) is 0 Å². The minimum absolute atomic E-state index is 0.492. The quantitative estimate of drug-likeness (QED) is 0.914. The maximum atomic E-state index is 5.85. The molecule has 5 nitrogen and oxygen atoms in total. The fraction of sp³-hybridized carbons (Fsp3) is 0.250. The van der Waals surface area contributed by atoms with Gasteiger partial charge in [-0.3, -0.25) is 5.10 Å².